The highest BCUT2D eigenvalue weighted by Gasteiger charge is 2.17. The number of hydrogen-bond donors (Lipinski definition) is 2. The fraction of sp³-hybridized carbons (Fsp3) is 0.120. The molecular formula is C25H20FN7S. The first-order valence-electron chi connectivity index (χ1n) is 10.7. The van der Waals surface area contributed by atoms with E-state index in [0.29, 0.717) is 5.69 Å². The summed E-state index contributed by atoms with van der Waals surface area (Å²) in [5.74, 6) is 0. The van der Waals surface area contributed by atoms with Gasteiger partial charge in [-0.2, -0.15) is 9.49 Å². The molecule has 0 aromatic carbocycles. The minimum Gasteiger partial charge on any atom is -0.353 e. The van der Waals surface area contributed by atoms with Crippen molar-refractivity contribution in [1.82, 2.24) is 35.0 Å². The van der Waals surface area contributed by atoms with E-state index in [1.165, 1.54) is 6.07 Å². The largest absolute Gasteiger partial charge is 0.353 e. The molecule has 168 valence electrons. The van der Waals surface area contributed by atoms with Crippen LogP contribution in [0.5, 0.6) is 0 Å². The van der Waals surface area contributed by atoms with Gasteiger partial charge in [-0.1, -0.05) is 0 Å². The Morgan fingerprint density at radius 3 is 2.74 bits per heavy atom. The van der Waals surface area contributed by atoms with Crippen molar-refractivity contribution in [3.8, 4) is 33.2 Å². The molecule has 0 aliphatic carbocycles. The van der Waals surface area contributed by atoms with Crippen LogP contribution < -0.4 is 0 Å². The van der Waals surface area contributed by atoms with Crippen molar-refractivity contribution in [1.29, 1.82) is 0 Å². The molecule has 6 heterocycles. The Morgan fingerprint density at radius 2 is 1.91 bits per heavy atom. The van der Waals surface area contributed by atoms with Crippen LogP contribution in [0.4, 0.5) is 4.39 Å². The lowest BCUT2D eigenvalue weighted by molar-refractivity contribution is 0.402. The second-order valence-corrected chi connectivity index (χ2v) is 9.43. The molecule has 0 atom stereocenters. The fourth-order valence-corrected chi connectivity index (χ4v) is 4.89. The van der Waals surface area contributed by atoms with Gasteiger partial charge in [-0.25, -0.2) is 4.98 Å². The fourth-order valence-electron chi connectivity index (χ4n) is 4.15. The number of thiophene rings is 1. The molecule has 0 spiro atoms. The van der Waals surface area contributed by atoms with Crippen LogP contribution in [0.2, 0.25) is 0 Å². The molecule has 0 radical (unpaired) electrons. The SMILES string of the molecule is CN(C)Cc1cncc(-c2ccc3[nH]nc(-c4cc5c(-c6ccc(F)s6)nccc5[nH]4)c3n2)c1. The van der Waals surface area contributed by atoms with E-state index < -0.39 is 0 Å². The van der Waals surface area contributed by atoms with Gasteiger partial charge in [-0.15, -0.1) is 11.3 Å². The van der Waals surface area contributed by atoms with Crippen LogP contribution in [-0.2, 0) is 6.54 Å². The molecule has 0 bridgehead atoms. The van der Waals surface area contributed by atoms with E-state index in [4.69, 9.17) is 4.98 Å². The van der Waals surface area contributed by atoms with Gasteiger partial charge in [0.05, 0.1) is 27.5 Å². The first-order valence-corrected chi connectivity index (χ1v) is 11.5. The molecule has 0 aliphatic rings. The van der Waals surface area contributed by atoms with E-state index >= 15 is 0 Å². The summed E-state index contributed by atoms with van der Waals surface area (Å²) in [5, 5.41) is 8.30. The van der Waals surface area contributed by atoms with E-state index in [1.54, 1.807) is 12.3 Å². The molecule has 0 amide bonds. The number of hydrogen-bond acceptors (Lipinski definition) is 6. The second-order valence-electron chi connectivity index (χ2n) is 8.39. The topological polar surface area (TPSA) is 86.4 Å². The maximum Gasteiger partial charge on any atom is 0.177 e. The van der Waals surface area contributed by atoms with Crippen molar-refractivity contribution < 1.29 is 4.39 Å². The maximum absolute atomic E-state index is 13.6. The predicted molar refractivity (Wildman–Crippen MR) is 133 cm³/mol. The lowest BCUT2D eigenvalue weighted by atomic mass is 10.1. The molecule has 0 saturated carbocycles. The Morgan fingerprint density at radius 1 is 1.00 bits per heavy atom. The third-order valence-electron chi connectivity index (χ3n) is 5.61. The van der Waals surface area contributed by atoms with Crippen molar-refractivity contribution in [2.45, 2.75) is 6.54 Å². The summed E-state index contributed by atoms with van der Waals surface area (Å²) in [6, 6.07) is 13.2. The number of H-pyrrole nitrogens is 2. The first-order chi connectivity index (χ1) is 16.5. The van der Waals surface area contributed by atoms with Crippen molar-refractivity contribution >= 4 is 33.3 Å². The molecule has 6 rings (SSSR count). The van der Waals surface area contributed by atoms with Crippen molar-refractivity contribution in [2.75, 3.05) is 14.1 Å². The normalized spacial score (nSPS) is 11.8. The molecular weight excluding hydrogens is 449 g/mol. The molecule has 6 aromatic rings. The average molecular weight is 470 g/mol. The number of fused-ring (bicyclic) bond motifs is 2. The molecule has 9 heteroatoms. The van der Waals surface area contributed by atoms with E-state index in [1.807, 2.05) is 50.8 Å². The Kier molecular flexibility index (Phi) is 4.93. The predicted octanol–water partition coefficient (Wildman–Crippen LogP) is 5.49. The third kappa shape index (κ3) is 3.64. The molecule has 7 nitrogen and oxygen atoms in total. The number of nitrogens with zero attached hydrogens (tertiary/aromatic N) is 5. The quantitative estimate of drug-likeness (QED) is 0.349. The van der Waals surface area contributed by atoms with Gasteiger partial charge in [0.15, 0.2) is 5.13 Å². The minimum atomic E-state index is -0.233. The van der Waals surface area contributed by atoms with Crippen LogP contribution in [0.25, 0.3) is 55.2 Å². The van der Waals surface area contributed by atoms with Crippen molar-refractivity contribution in [3.05, 3.63) is 71.7 Å². The number of aromatic amines is 2. The van der Waals surface area contributed by atoms with Crippen molar-refractivity contribution in [2.24, 2.45) is 0 Å². The highest BCUT2D eigenvalue weighted by molar-refractivity contribution is 7.13. The monoisotopic (exact) mass is 469 g/mol. The van der Waals surface area contributed by atoms with Gasteiger partial charge < -0.3 is 9.88 Å². The average Bonchev–Trinajstić information content (AvgIpc) is 3.55. The molecule has 6 aromatic heterocycles. The number of pyridine rings is 3. The Labute approximate surface area is 198 Å². The summed E-state index contributed by atoms with van der Waals surface area (Å²) in [5.41, 5.74) is 7.69. The zero-order valence-corrected chi connectivity index (χ0v) is 19.3. The molecule has 0 fully saturated rings. The van der Waals surface area contributed by atoms with Crippen molar-refractivity contribution in [3.63, 3.8) is 0 Å². The number of rotatable bonds is 5. The van der Waals surface area contributed by atoms with Gasteiger partial charge in [0.25, 0.3) is 0 Å². The standard InChI is InChI=1S/C25H20FN7S/c1-33(2)13-14-9-15(12-27-11-14)17-3-4-19-24(30-17)25(32-31-19)20-10-16-18(29-20)7-8-28-23(16)21-5-6-22(26)34-21/h3-12,29H,13H2,1-2H3,(H,31,32). The number of aromatic nitrogens is 6. The van der Waals surface area contributed by atoms with Gasteiger partial charge in [-0.05, 0) is 62.1 Å². The summed E-state index contributed by atoms with van der Waals surface area (Å²) < 4.78 is 13.6. The third-order valence-corrected chi connectivity index (χ3v) is 6.49. The highest BCUT2D eigenvalue weighted by atomic mass is 32.1. The van der Waals surface area contributed by atoms with Crippen LogP contribution in [0, 0.1) is 5.13 Å². The number of halogens is 1. The summed E-state index contributed by atoms with van der Waals surface area (Å²) >= 11 is 1.08. The van der Waals surface area contributed by atoms with Crippen LogP contribution in [-0.4, -0.2) is 49.1 Å². The maximum atomic E-state index is 13.6. The van der Waals surface area contributed by atoms with Crippen LogP contribution in [0.1, 0.15) is 5.56 Å². The van der Waals surface area contributed by atoms with E-state index in [-0.39, 0.29) is 5.13 Å². The van der Waals surface area contributed by atoms with E-state index in [0.717, 1.165) is 72.9 Å². The lowest BCUT2D eigenvalue weighted by Gasteiger charge is -2.10. The van der Waals surface area contributed by atoms with Crippen LogP contribution >= 0.6 is 11.3 Å². The Hall–Kier alpha value is -3.95. The van der Waals surface area contributed by atoms with Gasteiger partial charge in [0, 0.05) is 41.6 Å². The Balaban J connectivity index is 1.45. The minimum absolute atomic E-state index is 0.233. The van der Waals surface area contributed by atoms with Gasteiger partial charge in [0.2, 0.25) is 0 Å². The molecule has 0 saturated heterocycles. The number of nitrogens with one attached hydrogen (secondary N) is 2. The molecule has 34 heavy (non-hydrogen) atoms. The van der Waals surface area contributed by atoms with Gasteiger partial charge >= 0.3 is 0 Å². The lowest BCUT2D eigenvalue weighted by Crippen LogP contribution is -2.10. The van der Waals surface area contributed by atoms with Gasteiger partial charge in [-0.3, -0.25) is 15.1 Å². The van der Waals surface area contributed by atoms with Crippen LogP contribution in [0.3, 0.4) is 0 Å². The summed E-state index contributed by atoms with van der Waals surface area (Å²) in [7, 11) is 4.07. The van der Waals surface area contributed by atoms with E-state index in [2.05, 4.69) is 36.1 Å². The first kappa shape index (κ1) is 20.6. The molecule has 0 aliphatic heterocycles. The highest BCUT2D eigenvalue weighted by Crippen LogP contribution is 2.35. The zero-order valence-electron chi connectivity index (χ0n) is 18.5. The van der Waals surface area contributed by atoms with Gasteiger partial charge in [0.1, 0.15) is 11.2 Å². The summed E-state index contributed by atoms with van der Waals surface area (Å²) in [6.07, 6.45) is 5.43. The smallest absolute Gasteiger partial charge is 0.177 e. The zero-order chi connectivity index (χ0) is 23.2. The Bertz CT molecular complexity index is 1650. The molecule has 2 N–H and O–H groups in total. The summed E-state index contributed by atoms with van der Waals surface area (Å²) in [6.45, 7) is 0.805. The van der Waals surface area contributed by atoms with E-state index in [9.17, 15) is 4.39 Å². The van der Waals surface area contributed by atoms with Crippen LogP contribution in [0.15, 0.2) is 61.1 Å². The second kappa shape index (κ2) is 8.12. The molecule has 0 unspecified atom stereocenters. The summed E-state index contributed by atoms with van der Waals surface area (Å²) in [4.78, 5) is 20.1.